The largest absolute Gasteiger partial charge is 0.371 e. The van der Waals surface area contributed by atoms with Crippen LogP contribution in [-0.2, 0) is 14.3 Å². The Morgan fingerprint density at radius 3 is 2.74 bits per heavy atom. The van der Waals surface area contributed by atoms with E-state index in [0.717, 1.165) is 29.1 Å². The van der Waals surface area contributed by atoms with Crippen LogP contribution < -0.4 is 10.2 Å². The van der Waals surface area contributed by atoms with Gasteiger partial charge < -0.3 is 19.7 Å². The van der Waals surface area contributed by atoms with Gasteiger partial charge >= 0.3 is 0 Å². The topological polar surface area (TPSA) is 76.6 Å². The van der Waals surface area contributed by atoms with Gasteiger partial charge in [-0.05, 0) is 11.4 Å². The lowest BCUT2D eigenvalue weighted by molar-refractivity contribution is -0.120. The molecule has 1 N–H and O–H groups in total. The molecule has 2 atom stereocenters. The maximum atomic E-state index is 11.2. The average molecular weight is 334 g/mol. The quantitative estimate of drug-likeness (QED) is 0.875. The van der Waals surface area contributed by atoms with Gasteiger partial charge in [0.2, 0.25) is 5.91 Å². The van der Waals surface area contributed by atoms with E-state index in [2.05, 4.69) is 26.3 Å². The van der Waals surface area contributed by atoms with E-state index in [0.29, 0.717) is 13.2 Å². The monoisotopic (exact) mass is 334 g/mol. The molecule has 0 spiro atoms. The Morgan fingerprint density at radius 1 is 1.30 bits per heavy atom. The molecule has 23 heavy (non-hydrogen) atoms. The Labute approximate surface area is 137 Å². The molecule has 0 bridgehead atoms. The van der Waals surface area contributed by atoms with Crippen LogP contribution >= 0.6 is 11.3 Å². The zero-order valence-electron chi connectivity index (χ0n) is 12.8. The predicted molar refractivity (Wildman–Crippen MR) is 86.7 cm³/mol. The molecule has 0 saturated carbocycles. The predicted octanol–water partition coefficient (Wildman–Crippen LogP) is 0.800. The summed E-state index contributed by atoms with van der Waals surface area (Å²) in [5.41, 5.74) is 0. The SMILES string of the molecule is CC(=O)NC1CO[C@H]2CN(c3ncnc4sccc34)C[C@@H]2OC1. The zero-order valence-corrected chi connectivity index (χ0v) is 13.6. The van der Waals surface area contributed by atoms with Crippen LogP contribution in [0.3, 0.4) is 0 Å². The Bertz CT molecular complexity index is 706. The summed E-state index contributed by atoms with van der Waals surface area (Å²) in [6.07, 6.45) is 1.60. The van der Waals surface area contributed by atoms with Gasteiger partial charge in [-0.15, -0.1) is 11.3 Å². The molecule has 0 aromatic carbocycles. The molecular weight excluding hydrogens is 316 g/mol. The van der Waals surface area contributed by atoms with E-state index in [1.165, 1.54) is 6.92 Å². The molecule has 2 fully saturated rings. The smallest absolute Gasteiger partial charge is 0.217 e. The standard InChI is InChI=1S/C15H18N4O3S/c1-9(20)18-10-6-21-12-4-19(5-13(12)22-7-10)14-11-2-3-23-15(11)17-8-16-14/h2-3,8,10,12-13H,4-7H2,1H3,(H,18,20)/t12-,13-/m0/s1. The number of nitrogens with one attached hydrogen (secondary N) is 1. The van der Waals surface area contributed by atoms with Crippen molar-refractivity contribution >= 4 is 33.3 Å². The van der Waals surface area contributed by atoms with E-state index in [1.807, 2.05) is 5.38 Å². The summed E-state index contributed by atoms with van der Waals surface area (Å²) in [5, 5.41) is 5.96. The molecule has 2 aromatic rings. The van der Waals surface area contributed by atoms with E-state index in [1.54, 1.807) is 17.7 Å². The normalized spacial score (nSPS) is 25.3. The summed E-state index contributed by atoms with van der Waals surface area (Å²) in [6, 6.07) is 1.98. The molecule has 122 valence electrons. The van der Waals surface area contributed by atoms with E-state index in [9.17, 15) is 4.79 Å². The molecule has 2 aromatic heterocycles. The molecule has 4 heterocycles. The number of fused-ring (bicyclic) bond motifs is 2. The Morgan fingerprint density at radius 2 is 2.04 bits per heavy atom. The highest BCUT2D eigenvalue weighted by atomic mass is 32.1. The van der Waals surface area contributed by atoms with E-state index < -0.39 is 0 Å². The number of aromatic nitrogens is 2. The fourth-order valence-electron chi connectivity index (χ4n) is 3.16. The van der Waals surface area contributed by atoms with E-state index >= 15 is 0 Å². The van der Waals surface area contributed by atoms with Crippen molar-refractivity contribution in [2.45, 2.75) is 25.2 Å². The first-order chi connectivity index (χ1) is 11.2. The molecule has 8 heteroatoms. The molecule has 0 radical (unpaired) electrons. The van der Waals surface area contributed by atoms with Gasteiger partial charge in [-0.2, -0.15) is 0 Å². The van der Waals surface area contributed by atoms with Crippen molar-refractivity contribution in [3.63, 3.8) is 0 Å². The molecular formula is C15H18N4O3S. The molecule has 0 aliphatic carbocycles. The van der Waals surface area contributed by atoms with Gasteiger partial charge in [0.15, 0.2) is 0 Å². The second kappa shape index (κ2) is 6.03. The number of carbonyl (C=O) groups is 1. The number of hydrogen-bond acceptors (Lipinski definition) is 7. The van der Waals surface area contributed by atoms with Gasteiger partial charge in [0.05, 0.1) is 24.6 Å². The van der Waals surface area contributed by atoms with Crippen LogP contribution in [0.1, 0.15) is 6.92 Å². The third-order valence-corrected chi connectivity index (χ3v) is 5.01. The number of rotatable bonds is 2. The van der Waals surface area contributed by atoms with Gasteiger partial charge in [-0.25, -0.2) is 9.97 Å². The number of thiophene rings is 1. The van der Waals surface area contributed by atoms with Crippen molar-refractivity contribution < 1.29 is 14.3 Å². The molecule has 0 unspecified atom stereocenters. The van der Waals surface area contributed by atoms with Crippen LogP contribution in [0.5, 0.6) is 0 Å². The van der Waals surface area contributed by atoms with Crippen LogP contribution in [0.4, 0.5) is 5.82 Å². The lowest BCUT2D eigenvalue weighted by Gasteiger charge is -2.20. The Balaban J connectivity index is 1.48. The maximum Gasteiger partial charge on any atom is 0.217 e. The lowest BCUT2D eigenvalue weighted by atomic mass is 10.3. The number of ether oxygens (including phenoxy) is 2. The Kier molecular flexibility index (Phi) is 3.88. The third-order valence-electron chi connectivity index (χ3n) is 4.19. The van der Waals surface area contributed by atoms with Gasteiger partial charge in [0, 0.05) is 20.0 Å². The average Bonchev–Trinajstić information content (AvgIpc) is 3.12. The lowest BCUT2D eigenvalue weighted by Crippen LogP contribution is -2.40. The zero-order chi connectivity index (χ0) is 15.8. The van der Waals surface area contributed by atoms with Crippen LogP contribution in [0.25, 0.3) is 10.2 Å². The Hall–Kier alpha value is -1.77. The van der Waals surface area contributed by atoms with Crippen molar-refractivity contribution in [2.75, 3.05) is 31.2 Å². The highest BCUT2D eigenvalue weighted by Gasteiger charge is 2.38. The van der Waals surface area contributed by atoms with Crippen molar-refractivity contribution in [3.8, 4) is 0 Å². The van der Waals surface area contributed by atoms with Crippen LogP contribution in [-0.4, -0.2) is 60.4 Å². The fraction of sp³-hybridized carbons (Fsp3) is 0.533. The molecule has 2 aliphatic rings. The number of amides is 1. The van der Waals surface area contributed by atoms with Gasteiger partial charge in [-0.1, -0.05) is 0 Å². The highest BCUT2D eigenvalue weighted by Crippen LogP contribution is 2.31. The summed E-state index contributed by atoms with van der Waals surface area (Å²) in [5.74, 6) is 0.881. The third kappa shape index (κ3) is 2.89. The molecule has 1 amide bonds. The second-order valence-corrected chi connectivity index (χ2v) is 6.78. The van der Waals surface area contributed by atoms with Crippen LogP contribution in [0.15, 0.2) is 17.8 Å². The summed E-state index contributed by atoms with van der Waals surface area (Å²) in [7, 11) is 0. The first-order valence-corrected chi connectivity index (χ1v) is 8.52. The highest BCUT2D eigenvalue weighted by molar-refractivity contribution is 7.16. The molecule has 7 nitrogen and oxygen atoms in total. The number of hydrogen-bond donors (Lipinski definition) is 1. The van der Waals surface area contributed by atoms with Crippen LogP contribution in [0, 0.1) is 0 Å². The first kappa shape index (κ1) is 14.8. The van der Waals surface area contributed by atoms with Crippen molar-refractivity contribution in [2.24, 2.45) is 0 Å². The van der Waals surface area contributed by atoms with Crippen molar-refractivity contribution in [1.82, 2.24) is 15.3 Å². The van der Waals surface area contributed by atoms with Crippen LogP contribution in [0.2, 0.25) is 0 Å². The number of nitrogens with zero attached hydrogens (tertiary/aromatic N) is 3. The summed E-state index contributed by atoms with van der Waals surface area (Å²) in [6.45, 7) is 3.94. The van der Waals surface area contributed by atoms with Gasteiger partial charge in [-0.3, -0.25) is 4.79 Å². The summed E-state index contributed by atoms with van der Waals surface area (Å²) < 4.78 is 11.9. The molecule has 4 rings (SSSR count). The minimum atomic E-state index is -0.0748. The van der Waals surface area contributed by atoms with Gasteiger partial charge in [0.1, 0.15) is 29.2 Å². The summed E-state index contributed by atoms with van der Waals surface area (Å²) >= 11 is 1.61. The maximum absolute atomic E-state index is 11.2. The first-order valence-electron chi connectivity index (χ1n) is 7.64. The molecule has 2 aliphatic heterocycles. The minimum absolute atomic E-state index is 0.00240. The summed E-state index contributed by atoms with van der Waals surface area (Å²) in [4.78, 5) is 23.1. The van der Waals surface area contributed by atoms with E-state index in [4.69, 9.17) is 9.47 Å². The van der Waals surface area contributed by atoms with E-state index in [-0.39, 0.29) is 24.2 Å². The minimum Gasteiger partial charge on any atom is -0.371 e. The van der Waals surface area contributed by atoms with Crippen molar-refractivity contribution in [3.05, 3.63) is 17.8 Å². The van der Waals surface area contributed by atoms with Gasteiger partial charge in [0.25, 0.3) is 0 Å². The number of carbonyl (C=O) groups excluding carboxylic acids is 1. The molecule has 2 saturated heterocycles. The van der Waals surface area contributed by atoms with Crippen molar-refractivity contribution in [1.29, 1.82) is 0 Å². The number of anilines is 1. The fourth-order valence-corrected chi connectivity index (χ4v) is 3.89. The second-order valence-electron chi connectivity index (χ2n) is 5.88.